The maximum absolute atomic E-state index is 5.08. The van der Waals surface area contributed by atoms with Crippen LogP contribution in [0.3, 0.4) is 0 Å². The Kier molecular flexibility index (Phi) is 31.1. The Morgan fingerprint density at radius 3 is 1.50 bits per heavy atom. The van der Waals surface area contributed by atoms with Gasteiger partial charge in [0, 0.05) is 104 Å². The van der Waals surface area contributed by atoms with Crippen LogP contribution in [0, 0.1) is 0 Å². The third kappa shape index (κ3) is 24.8. The van der Waals surface area contributed by atoms with Crippen molar-refractivity contribution in [3.05, 3.63) is 409 Å². The summed E-state index contributed by atoms with van der Waals surface area (Å²) in [5.74, 6) is 0.602. The lowest BCUT2D eigenvalue weighted by Gasteiger charge is -1.92. The van der Waals surface area contributed by atoms with Crippen LogP contribution in [0.25, 0.3) is 157 Å². The molecule has 0 unspecified atom stereocenters. The number of thiophene rings is 9. The summed E-state index contributed by atoms with van der Waals surface area (Å²) in [6.07, 6.45) is 29.6. The van der Waals surface area contributed by atoms with E-state index >= 15 is 0 Å². The highest BCUT2D eigenvalue weighted by Gasteiger charge is 2.02. The van der Waals surface area contributed by atoms with Gasteiger partial charge in [0.15, 0.2) is 21.6 Å². The molecule has 0 bridgehead atoms. The maximum atomic E-state index is 5.08. The Balaban J connectivity index is 0.000000100. The largest absolute Gasteiger partial charge is 0.463 e. The second-order valence-electron chi connectivity index (χ2n) is 26.1. The van der Waals surface area contributed by atoms with Crippen LogP contribution in [-0.2, 0) is 0 Å². The molecular formula is C98H73N11O8S10. The highest BCUT2D eigenvalue weighted by atomic mass is 32.2. The second-order valence-corrected chi connectivity index (χ2v) is 35.5. The molecule has 0 amide bonds. The lowest BCUT2D eigenvalue weighted by Crippen LogP contribution is -1.73. The number of nitrogens with one attached hydrogen (secondary N) is 5. The highest BCUT2D eigenvalue weighted by molar-refractivity contribution is 7.36. The smallest absolute Gasteiger partial charge is 0.296 e. The minimum Gasteiger partial charge on any atom is -0.463 e. The van der Waals surface area contributed by atoms with Crippen molar-refractivity contribution in [2.75, 3.05) is 0 Å². The fourth-order valence-electron chi connectivity index (χ4n) is 11.7. The Morgan fingerprint density at radius 1 is 0.252 bits per heavy atom. The molecule has 30 rings (SSSR count). The number of pyridine rings is 3. The Bertz CT molecular complexity index is 6040. The summed E-state index contributed by atoms with van der Waals surface area (Å²) in [7, 11) is 0. The number of nitrogens with zero attached hydrogens (tertiary/aromatic N) is 6. The van der Waals surface area contributed by atoms with Gasteiger partial charge in [-0.1, -0.05) is 97.1 Å². The van der Waals surface area contributed by atoms with Crippen LogP contribution in [0.5, 0.6) is 0 Å². The predicted molar refractivity (Wildman–Crippen MR) is 535 cm³/mol. The molecule has 29 heteroatoms. The highest BCUT2D eigenvalue weighted by Crippen LogP contribution is 2.29. The number of hydrogen-bond donors (Lipinski definition) is 5. The summed E-state index contributed by atoms with van der Waals surface area (Å²) < 4.78 is 48.0. The maximum Gasteiger partial charge on any atom is 0.296 e. The number of aromatic nitrogens is 11. The van der Waals surface area contributed by atoms with E-state index in [0.717, 1.165) is 70.6 Å². The Hall–Kier alpha value is -14.3. The molecule has 0 aliphatic heterocycles. The van der Waals surface area contributed by atoms with Gasteiger partial charge in [-0.2, -0.15) is 15.4 Å². The summed E-state index contributed by atoms with van der Waals surface area (Å²) >= 11 is 17.4. The Morgan fingerprint density at radius 2 is 0.795 bits per heavy atom. The molecule has 19 nitrogen and oxygen atoms in total. The normalized spacial score (nSPS) is 10.4. The summed E-state index contributed by atoms with van der Waals surface area (Å²) in [6, 6.07) is 82.8. The first-order valence-corrected chi connectivity index (χ1v) is 47.7. The van der Waals surface area contributed by atoms with Gasteiger partial charge in [-0.3, -0.25) is 15.0 Å². The van der Waals surface area contributed by atoms with Crippen LogP contribution >= 0.6 is 113 Å². The molecule has 0 atom stereocenters. The molecule has 628 valence electrons. The number of rotatable bonds is 0. The van der Waals surface area contributed by atoms with E-state index in [4.69, 9.17) is 35.3 Å². The lowest BCUT2D eigenvalue weighted by molar-refractivity contribution is 0.478. The number of H-pyrrole nitrogens is 5. The molecule has 5 N–H and O–H groups in total. The van der Waals surface area contributed by atoms with E-state index < -0.39 is 0 Å². The molecule has 0 spiro atoms. The van der Waals surface area contributed by atoms with Gasteiger partial charge in [0.25, 0.3) is 5.78 Å². The quantitative estimate of drug-likeness (QED) is 0.0946. The van der Waals surface area contributed by atoms with Gasteiger partial charge in [-0.05, 0) is 203 Å². The van der Waals surface area contributed by atoms with Crippen LogP contribution in [-0.4, -0.2) is 55.3 Å². The Labute approximate surface area is 763 Å². The summed E-state index contributed by atoms with van der Waals surface area (Å²) in [5.41, 5.74) is 11.3. The van der Waals surface area contributed by atoms with Crippen molar-refractivity contribution in [3.8, 4) is 0 Å². The van der Waals surface area contributed by atoms with E-state index in [1.165, 1.54) is 81.0 Å². The number of benzene rings is 4. The fourth-order valence-corrected chi connectivity index (χ4v) is 19.9. The van der Waals surface area contributed by atoms with E-state index in [0.29, 0.717) is 5.78 Å². The standard InChI is InChI=1S/C10H8.2C9H7N.2C6H5NO.2C6H5NS.2C6H4O2.2C6H4OS.2C6H4S2.C5H4N4.C5H3NS2/c1-2-6-10-8-4-3-7-9(10)5-1;1-2-6-9-8(4-1)5-3-7-10-9;1-2-4-9-7-10-6-5-8(9)3-1;1-3-7-5-2-4-8-6(1)5;1-3-7-6-5(1)2-4-8-6;1-3-7-5-2-4-8-6(1)5;1-3-7-6-5(1)2-4-8-6;1-3-7-6-2-4-8-5(1)6;1-3-7-6-5(1)2-4-8-6;1-3-7-5-2-4-8-6(1)5;1-3-7-6-5(1)2-4-8-6;1-3-7-6-2-4-8-5(1)6;1-3-7-6-5(1)2-4-8-6;1-2-6-3-5-4(1)7-9-8-5;1-2-7-5-4(1)8-3-6-5/h1-8H;2*1-7H;4*1-4,7H;6*1-4H;1-3H,(H,7,8,9);1-3H. The first kappa shape index (κ1) is 86.2. The third-order valence-corrected chi connectivity index (χ3v) is 27.0. The van der Waals surface area contributed by atoms with Crippen molar-refractivity contribution in [2.45, 2.75) is 0 Å². The average molecular weight is 1850 g/mol. The van der Waals surface area contributed by atoms with Gasteiger partial charge in [-0.25, -0.2) is 4.98 Å². The van der Waals surface area contributed by atoms with E-state index in [9.17, 15) is 0 Å². The number of furan rings is 8. The molecular weight excluding hydrogens is 1780 g/mol. The fraction of sp³-hybridized carbons (Fsp3) is 0. The molecule has 0 aliphatic rings. The zero-order valence-corrected chi connectivity index (χ0v) is 75.0. The molecule has 0 radical (unpaired) electrons. The molecule has 4 aromatic carbocycles. The summed E-state index contributed by atoms with van der Waals surface area (Å²) in [4.78, 5) is 31.8. The van der Waals surface area contributed by atoms with Crippen molar-refractivity contribution in [2.24, 2.45) is 0 Å². The van der Waals surface area contributed by atoms with E-state index in [-0.39, 0.29) is 0 Å². The average Bonchev–Trinajstić information content (AvgIpc) is 1.83. The third-order valence-electron chi connectivity index (χ3n) is 17.9. The number of thiazole rings is 1. The van der Waals surface area contributed by atoms with Crippen molar-refractivity contribution in [1.82, 2.24) is 55.3 Å². The molecule has 0 saturated carbocycles. The number of aromatic amines is 5. The van der Waals surface area contributed by atoms with Gasteiger partial charge in [-0.15, -0.1) is 113 Å². The number of fused-ring (bicyclic) bond motifs is 15. The van der Waals surface area contributed by atoms with Crippen molar-refractivity contribution in [3.63, 3.8) is 0 Å². The van der Waals surface area contributed by atoms with Crippen LogP contribution < -0.4 is 0 Å². The topological polar surface area (TPSA) is 261 Å². The van der Waals surface area contributed by atoms with Crippen LogP contribution in [0.1, 0.15) is 0 Å². The molecule has 26 heterocycles. The van der Waals surface area contributed by atoms with Crippen molar-refractivity contribution >= 4 is 271 Å². The minimum atomic E-state index is 0.602. The number of para-hydroxylation sites is 1. The van der Waals surface area contributed by atoms with Crippen LogP contribution in [0.4, 0.5) is 0 Å². The van der Waals surface area contributed by atoms with E-state index in [1.807, 2.05) is 185 Å². The molecule has 0 fully saturated rings. The lowest BCUT2D eigenvalue weighted by atomic mass is 10.1. The molecule has 127 heavy (non-hydrogen) atoms. The van der Waals surface area contributed by atoms with Gasteiger partial charge < -0.3 is 55.3 Å². The first-order valence-electron chi connectivity index (χ1n) is 38.9. The molecule has 0 saturated heterocycles. The molecule has 0 aliphatic carbocycles. The minimum absolute atomic E-state index is 0.602. The van der Waals surface area contributed by atoms with Crippen LogP contribution in [0.15, 0.2) is 444 Å². The zero-order chi connectivity index (χ0) is 85.9. The van der Waals surface area contributed by atoms with Crippen molar-refractivity contribution < 1.29 is 35.3 Å². The first-order chi connectivity index (χ1) is 63.0. The monoisotopic (exact) mass is 1850 g/mol. The van der Waals surface area contributed by atoms with E-state index in [1.54, 1.807) is 171 Å². The van der Waals surface area contributed by atoms with Gasteiger partial charge in [0.05, 0.1) is 107 Å². The predicted octanol–water partition coefficient (Wildman–Crippen LogP) is 33.0. The van der Waals surface area contributed by atoms with Gasteiger partial charge in [0.1, 0.15) is 21.4 Å². The number of hydrogen-bond acceptors (Lipinski definition) is 24. The molecule has 26 aromatic heterocycles. The van der Waals surface area contributed by atoms with Gasteiger partial charge in [0.2, 0.25) is 5.71 Å². The van der Waals surface area contributed by atoms with Crippen LogP contribution in [0.2, 0.25) is 0 Å². The molecule has 30 aromatic rings. The summed E-state index contributed by atoms with van der Waals surface area (Å²) in [5, 5.41) is 41.3. The zero-order valence-electron chi connectivity index (χ0n) is 66.8. The SMILES string of the molecule is c1cc2ccoc2[nH]1.c1cc2ccoc2o1.c1cc2ccsc2[nH]1.c1cc2ccsc2o1.c1cc2ccsc2s1.c1cc2n[nH]nc2cn1.c1cc2occc2[nH]1.c1cc2occc2o1.c1cc2sccc2[nH]1.c1cc2sccc2o1.c1cc2sccc2s1.c1ccc2ccccc2c1.c1ccc2cnccc2c1.c1ccc2ncccc2c1.c1nc2sccc2s1. The summed E-state index contributed by atoms with van der Waals surface area (Å²) in [6.45, 7) is 0. The van der Waals surface area contributed by atoms with Crippen molar-refractivity contribution in [1.29, 1.82) is 0 Å². The van der Waals surface area contributed by atoms with Gasteiger partial charge >= 0.3 is 0 Å². The second kappa shape index (κ2) is 45.9. The van der Waals surface area contributed by atoms with E-state index in [2.05, 4.69) is 220 Å².